The van der Waals surface area contributed by atoms with Crippen LogP contribution in [0.1, 0.15) is 5.56 Å². The van der Waals surface area contributed by atoms with E-state index in [0.29, 0.717) is 0 Å². The molecule has 2 rings (SSSR count). The maximum atomic E-state index is 6.17. The average molecular weight is 343 g/mol. The van der Waals surface area contributed by atoms with Crippen LogP contribution in [0.3, 0.4) is 0 Å². The van der Waals surface area contributed by atoms with Crippen molar-refractivity contribution in [3.05, 3.63) is 57.5 Å². The molecule has 0 aromatic heterocycles. The van der Waals surface area contributed by atoms with E-state index in [2.05, 4.69) is 39.6 Å². The zero-order chi connectivity index (χ0) is 13.0. The van der Waals surface area contributed by atoms with E-state index in [0.717, 1.165) is 27.3 Å². The van der Waals surface area contributed by atoms with E-state index in [1.54, 1.807) is 11.8 Å². The van der Waals surface area contributed by atoms with E-state index < -0.39 is 0 Å². The molecule has 0 atom stereocenters. The molecule has 0 fully saturated rings. The average Bonchev–Trinajstić information content (AvgIpc) is 2.40. The molecular weight excluding hydrogens is 330 g/mol. The summed E-state index contributed by atoms with van der Waals surface area (Å²) in [6.07, 6.45) is 2.08. The fraction of sp³-hybridized carbons (Fsp3) is 0.143. The molecule has 18 heavy (non-hydrogen) atoms. The van der Waals surface area contributed by atoms with Gasteiger partial charge in [0.15, 0.2) is 0 Å². The molecule has 0 bridgehead atoms. The van der Waals surface area contributed by atoms with Crippen molar-refractivity contribution in [2.75, 3.05) is 11.6 Å². The van der Waals surface area contributed by atoms with Crippen LogP contribution in [-0.4, -0.2) is 6.26 Å². The van der Waals surface area contributed by atoms with Crippen molar-refractivity contribution in [3.8, 4) is 0 Å². The van der Waals surface area contributed by atoms with Crippen molar-refractivity contribution in [2.45, 2.75) is 11.4 Å². The summed E-state index contributed by atoms with van der Waals surface area (Å²) < 4.78 is 1.04. The van der Waals surface area contributed by atoms with E-state index >= 15 is 0 Å². The van der Waals surface area contributed by atoms with E-state index in [1.165, 1.54) is 4.90 Å². The summed E-state index contributed by atoms with van der Waals surface area (Å²) in [6, 6.07) is 14.2. The second kappa shape index (κ2) is 6.50. The van der Waals surface area contributed by atoms with E-state index in [4.69, 9.17) is 11.6 Å². The lowest BCUT2D eigenvalue weighted by molar-refractivity contribution is 1.13. The quantitative estimate of drug-likeness (QED) is 0.743. The molecule has 2 aromatic rings. The Morgan fingerprint density at radius 2 is 2.00 bits per heavy atom. The highest BCUT2D eigenvalue weighted by Gasteiger charge is 2.03. The summed E-state index contributed by atoms with van der Waals surface area (Å²) in [7, 11) is 0. The summed E-state index contributed by atoms with van der Waals surface area (Å²) >= 11 is 11.4. The number of hydrogen-bond donors (Lipinski definition) is 1. The topological polar surface area (TPSA) is 12.0 Å². The van der Waals surface area contributed by atoms with Crippen LogP contribution in [0.4, 0.5) is 5.69 Å². The third-order valence-corrected chi connectivity index (χ3v) is 4.24. The molecule has 0 spiro atoms. The summed E-state index contributed by atoms with van der Waals surface area (Å²) in [6.45, 7) is 0.718. The molecule has 0 saturated heterocycles. The molecule has 0 unspecified atom stereocenters. The Balaban J connectivity index is 2.14. The van der Waals surface area contributed by atoms with E-state index in [9.17, 15) is 0 Å². The first-order chi connectivity index (χ1) is 8.70. The summed E-state index contributed by atoms with van der Waals surface area (Å²) in [5.74, 6) is 0. The maximum Gasteiger partial charge on any atom is 0.0480 e. The number of anilines is 1. The lowest BCUT2D eigenvalue weighted by Crippen LogP contribution is -2.01. The Bertz CT molecular complexity index is 545. The molecule has 0 aliphatic rings. The summed E-state index contributed by atoms with van der Waals surface area (Å²) in [5, 5.41) is 4.21. The van der Waals surface area contributed by atoms with Crippen molar-refractivity contribution in [2.24, 2.45) is 0 Å². The fourth-order valence-corrected chi connectivity index (χ4v) is 2.83. The first-order valence-electron chi connectivity index (χ1n) is 5.51. The van der Waals surface area contributed by atoms with Crippen molar-refractivity contribution < 1.29 is 0 Å². The zero-order valence-corrected chi connectivity index (χ0v) is 13.1. The van der Waals surface area contributed by atoms with Gasteiger partial charge in [0, 0.05) is 26.6 Å². The van der Waals surface area contributed by atoms with E-state index in [-0.39, 0.29) is 0 Å². The monoisotopic (exact) mass is 341 g/mol. The minimum atomic E-state index is 0.718. The Morgan fingerprint density at radius 1 is 1.22 bits per heavy atom. The van der Waals surface area contributed by atoms with Gasteiger partial charge in [-0.15, -0.1) is 11.8 Å². The molecule has 0 aliphatic heterocycles. The van der Waals surface area contributed by atoms with Gasteiger partial charge < -0.3 is 5.32 Å². The summed E-state index contributed by atoms with van der Waals surface area (Å²) in [5.41, 5.74) is 2.22. The van der Waals surface area contributed by atoms with Gasteiger partial charge in [-0.3, -0.25) is 0 Å². The first-order valence-corrected chi connectivity index (χ1v) is 7.91. The first kappa shape index (κ1) is 13.8. The molecule has 1 N–H and O–H groups in total. The van der Waals surface area contributed by atoms with Gasteiger partial charge in [-0.1, -0.05) is 39.7 Å². The predicted molar refractivity (Wildman–Crippen MR) is 84.7 cm³/mol. The van der Waals surface area contributed by atoms with Crippen LogP contribution in [0, 0.1) is 0 Å². The number of thioether (sulfide) groups is 1. The van der Waals surface area contributed by atoms with Crippen LogP contribution < -0.4 is 5.32 Å². The van der Waals surface area contributed by atoms with Crippen LogP contribution in [0.5, 0.6) is 0 Å². The van der Waals surface area contributed by atoms with Crippen molar-refractivity contribution >= 4 is 45.0 Å². The SMILES string of the molecule is CSc1ccccc1NCc1cc(Br)ccc1Cl. The van der Waals surface area contributed by atoms with Crippen LogP contribution in [-0.2, 0) is 6.54 Å². The fourth-order valence-electron chi connectivity index (χ4n) is 1.66. The van der Waals surface area contributed by atoms with Gasteiger partial charge in [0.25, 0.3) is 0 Å². The highest BCUT2D eigenvalue weighted by molar-refractivity contribution is 9.10. The largest absolute Gasteiger partial charge is 0.380 e. The molecule has 2 aromatic carbocycles. The van der Waals surface area contributed by atoms with Gasteiger partial charge in [0.1, 0.15) is 0 Å². The lowest BCUT2D eigenvalue weighted by atomic mass is 10.2. The molecule has 0 radical (unpaired) electrons. The Kier molecular flexibility index (Phi) is 4.98. The number of hydrogen-bond acceptors (Lipinski definition) is 2. The van der Waals surface area contributed by atoms with Gasteiger partial charge in [-0.05, 0) is 42.2 Å². The standard InChI is InChI=1S/C14H13BrClNS/c1-18-14-5-3-2-4-13(14)17-9-10-8-11(15)6-7-12(10)16/h2-8,17H,9H2,1H3. The molecule has 1 nitrogen and oxygen atoms in total. The summed E-state index contributed by atoms with van der Waals surface area (Å²) in [4.78, 5) is 1.24. The molecule has 0 heterocycles. The van der Waals surface area contributed by atoms with Crippen LogP contribution >= 0.6 is 39.3 Å². The van der Waals surface area contributed by atoms with Crippen LogP contribution in [0.25, 0.3) is 0 Å². The molecule has 0 aliphatic carbocycles. The Morgan fingerprint density at radius 3 is 2.78 bits per heavy atom. The van der Waals surface area contributed by atoms with Crippen LogP contribution in [0.2, 0.25) is 5.02 Å². The van der Waals surface area contributed by atoms with Crippen molar-refractivity contribution in [1.82, 2.24) is 0 Å². The molecule has 94 valence electrons. The normalized spacial score (nSPS) is 10.4. The number of nitrogens with one attached hydrogen (secondary N) is 1. The van der Waals surface area contributed by atoms with Crippen molar-refractivity contribution in [3.63, 3.8) is 0 Å². The molecule has 4 heteroatoms. The number of benzene rings is 2. The maximum absolute atomic E-state index is 6.17. The third kappa shape index (κ3) is 3.44. The predicted octanol–water partition coefficient (Wildman–Crippen LogP) is 5.44. The highest BCUT2D eigenvalue weighted by atomic mass is 79.9. The minimum Gasteiger partial charge on any atom is -0.380 e. The smallest absolute Gasteiger partial charge is 0.0480 e. The molecule has 0 amide bonds. The number of halogens is 2. The van der Waals surface area contributed by atoms with E-state index in [1.807, 2.05) is 30.3 Å². The van der Waals surface area contributed by atoms with Gasteiger partial charge in [-0.2, -0.15) is 0 Å². The van der Waals surface area contributed by atoms with Gasteiger partial charge in [-0.25, -0.2) is 0 Å². The highest BCUT2D eigenvalue weighted by Crippen LogP contribution is 2.27. The zero-order valence-electron chi connectivity index (χ0n) is 9.91. The number of rotatable bonds is 4. The van der Waals surface area contributed by atoms with Crippen LogP contribution in [0.15, 0.2) is 51.8 Å². The van der Waals surface area contributed by atoms with Gasteiger partial charge in [0.2, 0.25) is 0 Å². The van der Waals surface area contributed by atoms with Gasteiger partial charge in [0.05, 0.1) is 0 Å². The molecule has 0 saturated carbocycles. The molecular formula is C14H13BrClNS. The second-order valence-electron chi connectivity index (χ2n) is 3.79. The lowest BCUT2D eigenvalue weighted by Gasteiger charge is -2.11. The van der Waals surface area contributed by atoms with Crippen molar-refractivity contribution in [1.29, 1.82) is 0 Å². The minimum absolute atomic E-state index is 0.718. The second-order valence-corrected chi connectivity index (χ2v) is 5.96. The Labute approximate surface area is 125 Å². The number of para-hydroxylation sites is 1. The Hall–Kier alpha value is -0.640. The third-order valence-electron chi connectivity index (χ3n) is 2.58. The van der Waals surface area contributed by atoms with Gasteiger partial charge >= 0.3 is 0 Å².